The Hall–Kier alpha value is -3.21. The van der Waals surface area contributed by atoms with Crippen LogP contribution in [0.4, 0.5) is 18.9 Å². The van der Waals surface area contributed by atoms with Crippen molar-refractivity contribution in [2.45, 2.75) is 44.2 Å². The van der Waals surface area contributed by atoms with Crippen LogP contribution in [-0.2, 0) is 6.42 Å². The molecule has 3 aromatic rings. The average Bonchev–Trinajstić information content (AvgIpc) is 3.56. The van der Waals surface area contributed by atoms with Crippen LogP contribution < -0.4 is 4.90 Å². The Kier molecular flexibility index (Phi) is 6.36. The number of aromatic nitrogens is 4. The molecule has 0 radical (unpaired) electrons. The summed E-state index contributed by atoms with van der Waals surface area (Å²) < 4.78 is 42.7. The number of halogens is 3. The first-order valence-electron chi connectivity index (χ1n) is 11.8. The number of thiol groups is 1. The summed E-state index contributed by atoms with van der Waals surface area (Å²) in [6.07, 6.45) is 7.13. The van der Waals surface area contributed by atoms with Gasteiger partial charge in [-0.3, -0.25) is 9.89 Å². The number of anilines is 1. The Bertz CT molecular complexity index is 1310. The maximum Gasteiger partial charge on any atom is 0.276 e. The number of amides is 1. The number of nitrogens with zero attached hydrogens (tertiary/aromatic N) is 4. The lowest BCUT2D eigenvalue weighted by molar-refractivity contribution is -0.0220. The number of alkyl halides is 2. The summed E-state index contributed by atoms with van der Waals surface area (Å²) >= 11 is 3.53. The number of hydrogen-bond acceptors (Lipinski definition) is 5. The van der Waals surface area contributed by atoms with Gasteiger partial charge < -0.3 is 14.8 Å². The fourth-order valence-electron chi connectivity index (χ4n) is 5.30. The molecule has 1 aliphatic carbocycles. The monoisotopic (exact) mass is 516 g/mol. The van der Waals surface area contributed by atoms with Crippen molar-refractivity contribution in [3.05, 3.63) is 70.3 Å². The first kappa shape index (κ1) is 24.5. The largest absolute Gasteiger partial charge is 0.371 e. The second-order valence-corrected chi connectivity index (χ2v) is 9.17. The van der Waals surface area contributed by atoms with E-state index in [1.165, 1.54) is 6.07 Å². The summed E-state index contributed by atoms with van der Waals surface area (Å²) in [5.41, 5.74) is 4.34. The van der Waals surface area contributed by atoms with Crippen LogP contribution >= 0.6 is 12.6 Å². The number of imidazole rings is 1. The number of benzene rings is 1. The van der Waals surface area contributed by atoms with Gasteiger partial charge in [0.2, 0.25) is 0 Å². The van der Waals surface area contributed by atoms with Crippen LogP contribution in [0.2, 0.25) is 0 Å². The van der Waals surface area contributed by atoms with Crippen LogP contribution in [0.3, 0.4) is 0 Å². The van der Waals surface area contributed by atoms with Crippen LogP contribution in [0, 0.1) is 12.7 Å². The Morgan fingerprint density at radius 2 is 1.94 bits per heavy atom. The van der Waals surface area contributed by atoms with Crippen LogP contribution in [0.5, 0.6) is 0 Å². The van der Waals surface area contributed by atoms with Crippen LogP contribution in [-0.4, -0.2) is 62.3 Å². The summed E-state index contributed by atoms with van der Waals surface area (Å²) in [6.45, 7) is 2.16. The molecule has 1 aromatic carbocycles. The Balaban J connectivity index is 0.00000130. The van der Waals surface area contributed by atoms with E-state index in [9.17, 15) is 13.6 Å². The molecule has 1 fully saturated rings. The number of carbonyl (C=O) groups is 1. The molecule has 2 aromatic heterocycles. The van der Waals surface area contributed by atoms with Crippen molar-refractivity contribution in [1.82, 2.24) is 25.1 Å². The fraction of sp³-hybridized carbons (Fsp3) is 0.400. The normalized spacial score (nSPS) is 22.2. The lowest BCUT2D eigenvalue weighted by Gasteiger charge is -2.35. The van der Waals surface area contributed by atoms with Crippen LogP contribution in [0.25, 0.3) is 6.08 Å². The molecule has 1 saturated heterocycles. The molecule has 2 N–H and O–H groups in total. The molecule has 2 aliphatic heterocycles. The second kappa shape index (κ2) is 9.34. The molecular weight excluding hydrogens is 489 g/mol. The van der Waals surface area contributed by atoms with E-state index in [1.807, 2.05) is 19.1 Å². The van der Waals surface area contributed by atoms with Crippen molar-refractivity contribution in [3.63, 3.8) is 0 Å². The van der Waals surface area contributed by atoms with Crippen molar-refractivity contribution in [3.8, 4) is 0 Å². The van der Waals surface area contributed by atoms with Crippen LogP contribution in [0.15, 0.2) is 30.6 Å². The summed E-state index contributed by atoms with van der Waals surface area (Å²) in [4.78, 5) is 24.2. The van der Waals surface area contributed by atoms with Crippen molar-refractivity contribution in [2.24, 2.45) is 0 Å². The van der Waals surface area contributed by atoms with Gasteiger partial charge in [0.1, 0.15) is 5.82 Å². The standard InChI is InChI=1S/C24H23F3N6O.CH4S/c1-13-20-21(31-30-13)23(34)33(15-3-5-18-19(11-15)29-12-28-18)22(20)16-4-2-14(10-17(16)25)32-8-6-24(26,27)7-9-32;1-2/h2-5,10,12,15,22H,6-9,11H2,1H3,(H,28,29)(H,30,31);2H,1H3. The number of aryl methyl sites for hydroxylation is 1. The lowest BCUT2D eigenvalue weighted by atomic mass is 9.95. The first-order chi connectivity index (χ1) is 17.3. The van der Waals surface area contributed by atoms with Crippen molar-refractivity contribution in [2.75, 3.05) is 24.2 Å². The molecule has 4 heterocycles. The number of H-pyrrole nitrogens is 2. The minimum Gasteiger partial charge on any atom is -0.371 e. The van der Waals surface area contributed by atoms with E-state index >= 15 is 4.39 Å². The number of rotatable bonds is 3. The first-order valence-corrected chi connectivity index (χ1v) is 12.7. The highest BCUT2D eigenvalue weighted by Crippen LogP contribution is 2.43. The third-order valence-corrected chi connectivity index (χ3v) is 7.12. The Labute approximate surface area is 212 Å². The third kappa shape index (κ3) is 4.08. The highest BCUT2D eigenvalue weighted by molar-refractivity contribution is 7.79. The second-order valence-electron chi connectivity index (χ2n) is 9.17. The van der Waals surface area contributed by atoms with Gasteiger partial charge in [-0.2, -0.15) is 17.7 Å². The van der Waals surface area contributed by atoms with Gasteiger partial charge in [-0.15, -0.1) is 0 Å². The summed E-state index contributed by atoms with van der Waals surface area (Å²) in [5, 5.41) is 7.07. The summed E-state index contributed by atoms with van der Waals surface area (Å²) in [5.74, 6) is -3.41. The van der Waals surface area contributed by atoms with E-state index in [1.54, 1.807) is 34.5 Å². The molecule has 0 saturated carbocycles. The van der Waals surface area contributed by atoms with Crippen molar-refractivity contribution >= 4 is 30.3 Å². The minimum absolute atomic E-state index is 0.171. The number of nitrogens with one attached hydrogen (secondary N) is 2. The van der Waals surface area contributed by atoms with Crippen molar-refractivity contribution < 1.29 is 18.0 Å². The molecule has 36 heavy (non-hydrogen) atoms. The number of fused-ring (bicyclic) bond motifs is 2. The summed E-state index contributed by atoms with van der Waals surface area (Å²) in [7, 11) is 0. The van der Waals surface area contributed by atoms with Gasteiger partial charge in [0, 0.05) is 60.6 Å². The van der Waals surface area contributed by atoms with E-state index in [-0.39, 0.29) is 37.9 Å². The fourth-order valence-corrected chi connectivity index (χ4v) is 5.30. The molecule has 0 spiro atoms. The maximum atomic E-state index is 15.6. The molecule has 6 rings (SSSR count). The maximum absolute atomic E-state index is 15.6. The highest BCUT2D eigenvalue weighted by atomic mass is 32.1. The van der Waals surface area contributed by atoms with E-state index in [0.717, 1.165) is 11.4 Å². The zero-order valence-corrected chi connectivity index (χ0v) is 20.8. The quantitative estimate of drug-likeness (QED) is 0.447. The number of hydrogen-bond donors (Lipinski definition) is 3. The number of carbonyl (C=O) groups excluding carboxylic acids is 1. The van der Waals surface area contributed by atoms with Gasteiger partial charge in [0.15, 0.2) is 5.69 Å². The topological polar surface area (TPSA) is 80.9 Å². The zero-order chi connectivity index (χ0) is 25.6. The van der Waals surface area contributed by atoms with Gasteiger partial charge in [-0.25, -0.2) is 18.2 Å². The third-order valence-electron chi connectivity index (χ3n) is 7.12. The number of piperidine rings is 1. The minimum atomic E-state index is -2.67. The van der Waals surface area contributed by atoms with E-state index in [0.29, 0.717) is 34.6 Å². The van der Waals surface area contributed by atoms with Crippen molar-refractivity contribution in [1.29, 1.82) is 0 Å². The van der Waals surface area contributed by atoms with E-state index < -0.39 is 17.8 Å². The molecular formula is C25H27F3N6OS. The molecule has 3 aliphatic rings. The molecule has 2 unspecified atom stereocenters. The lowest BCUT2D eigenvalue weighted by Crippen LogP contribution is -2.41. The number of aromatic amines is 2. The molecule has 7 nitrogen and oxygen atoms in total. The zero-order valence-electron chi connectivity index (χ0n) is 19.9. The summed E-state index contributed by atoms with van der Waals surface area (Å²) in [6, 6.07) is 3.85. The van der Waals surface area contributed by atoms with Gasteiger partial charge in [-0.05, 0) is 31.4 Å². The molecule has 190 valence electrons. The van der Waals surface area contributed by atoms with Gasteiger partial charge in [-0.1, -0.05) is 12.1 Å². The highest BCUT2D eigenvalue weighted by Gasteiger charge is 2.46. The molecule has 1 amide bonds. The Morgan fingerprint density at radius 1 is 1.19 bits per heavy atom. The van der Waals surface area contributed by atoms with E-state index in [4.69, 9.17) is 0 Å². The van der Waals surface area contributed by atoms with Gasteiger partial charge in [0.25, 0.3) is 11.8 Å². The molecule has 2 atom stereocenters. The van der Waals surface area contributed by atoms with E-state index in [2.05, 4.69) is 32.8 Å². The molecule has 11 heteroatoms. The van der Waals surface area contributed by atoms with Gasteiger partial charge in [0.05, 0.1) is 24.1 Å². The predicted octanol–water partition coefficient (Wildman–Crippen LogP) is 4.55. The molecule has 0 bridgehead atoms. The predicted molar refractivity (Wildman–Crippen MR) is 134 cm³/mol. The smallest absolute Gasteiger partial charge is 0.276 e. The average molecular weight is 517 g/mol. The Morgan fingerprint density at radius 3 is 2.67 bits per heavy atom. The SMILES string of the molecule is CS.Cc1[nH]nc2c1C(c1ccc(N3CCC(F)(F)CC3)cc1F)N(C1C=Cc3nc[nH]c3C1)C2=O. The van der Waals surface area contributed by atoms with Crippen LogP contribution in [0.1, 0.15) is 57.6 Å². The van der Waals surface area contributed by atoms with Gasteiger partial charge >= 0.3 is 0 Å².